The molecule has 0 aliphatic carbocycles. The van der Waals surface area contributed by atoms with Crippen LogP contribution < -0.4 is 10.5 Å². The summed E-state index contributed by atoms with van der Waals surface area (Å²) in [7, 11) is 1.68. The number of hydrogen-bond donors (Lipinski definition) is 1. The number of nitrogens with two attached hydrogens (primary N) is 1. The monoisotopic (exact) mass is 287 g/mol. The average Bonchev–Trinajstić information content (AvgIpc) is 3.01. The zero-order valence-electron chi connectivity index (χ0n) is 11.6. The number of hydrogen-bond acceptors (Lipinski definition) is 4. The van der Waals surface area contributed by atoms with Gasteiger partial charge in [0, 0.05) is 23.1 Å². The Morgan fingerprint density at radius 3 is 3.00 bits per heavy atom. The smallest absolute Gasteiger partial charge is 0.194 e. The summed E-state index contributed by atoms with van der Waals surface area (Å²) in [5, 5.41) is 2.12. The van der Waals surface area contributed by atoms with Gasteiger partial charge in [0.15, 0.2) is 4.96 Å². The van der Waals surface area contributed by atoms with Crippen LogP contribution in [-0.2, 0) is 6.42 Å². The first kappa shape index (κ1) is 13.1. The number of aromatic nitrogens is 2. The van der Waals surface area contributed by atoms with Crippen LogP contribution in [0.15, 0.2) is 29.6 Å². The third-order valence-electron chi connectivity index (χ3n) is 3.35. The Bertz CT molecular complexity index is 745. The van der Waals surface area contributed by atoms with Crippen LogP contribution in [0.25, 0.3) is 16.2 Å². The molecule has 0 aliphatic heterocycles. The van der Waals surface area contributed by atoms with Gasteiger partial charge in [-0.15, -0.1) is 11.3 Å². The Hall–Kier alpha value is -1.85. The van der Waals surface area contributed by atoms with Crippen molar-refractivity contribution in [2.24, 2.45) is 5.73 Å². The Labute approximate surface area is 121 Å². The Morgan fingerprint density at radius 2 is 2.25 bits per heavy atom. The summed E-state index contributed by atoms with van der Waals surface area (Å²) in [6, 6.07) is 8.00. The number of benzene rings is 1. The molecule has 0 radical (unpaired) electrons. The third-order valence-corrected chi connectivity index (χ3v) is 4.30. The molecule has 0 saturated carbocycles. The topological polar surface area (TPSA) is 52.5 Å². The second-order valence-electron chi connectivity index (χ2n) is 4.67. The number of methoxy groups -OCH3 is 1. The van der Waals surface area contributed by atoms with E-state index >= 15 is 0 Å². The van der Waals surface area contributed by atoms with E-state index in [-0.39, 0.29) is 0 Å². The molecule has 0 unspecified atom stereocenters. The molecular formula is C15H17N3OS. The van der Waals surface area contributed by atoms with E-state index in [2.05, 4.69) is 22.8 Å². The fraction of sp³-hybridized carbons (Fsp3) is 0.267. The molecule has 2 aromatic heterocycles. The second-order valence-corrected chi connectivity index (χ2v) is 5.51. The summed E-state index contributed by atoms with van der Waals surface area (Å²) >= 11 is 1.66. The summed E-state index contributed by atoms with van der Waals surface area (Å²) in [4.78, 5) is 5.79. The molecule has 1 aromatic carbocycles. The van der Waals surface area contributed by atoms with E-state index in [0.29, 0.717) is 6.54 Å². The van der Waals surface area contributed by atoms with Crippen molar-refractivity contribution in [1.29, 1.82) is 0 Å². The van der Waals surface area contributed by atoms with Crippen molar-refractivity contribution in [3.63, 3.8) is 0 Å². The maximum atomic E-state index is 5.77. The first-order chi connectivity index (χ1) is 9.74. The number of ether oxygens (including phenoxy) is 1. The van der Waals surface area contributed by atoms with E-state index in [1.54, 1.807) is 18.4 Å². The van der Waals surface area contributed by atoms with Crippen molar-refractivity contribution in [3.8, 4) is 17.0 Å². The fourth-order valence-electron chi connectivity index (χ4n) is 2.43. The number of rotatable bonds is 4. The highest BCUT2D eigenvalue weighted by Crippen LogP contribution is 2.30. The lowest BCUT2D eigenvalue weighted by molar-refractivity contribution is 0.415. The van der Waals surface area contributed by atoms with E-state index in [1.165, 1.54) is 11.4 Å². The molecule has 3 rings (SSSR count). The van der Waals surface area contributed by atoms with Gasteiger partial charge in [-0.3, -0.25) is 4.40 Å². The van der Waals surface area contributed by atoms with Crippen LogP contribution in [0.1, 0.15) is 11.4 Å². The molecule has 0 amide bonds. The summed E-state index contributed by atoms with van der Waals surface area (Å²) < 4.78 is 7.50. The molecule has 0 fully saturated rings. The molecule has 0 aliphatic rings. The molecule has 3 aromatic rings. The Morgan fingerprint density at radius 1 is 1.40 bits per heavy atom. The highest BCUT2D eigenvalue weighted by Gasteiger charge is 2.16. The number of imidazole rings is 1. The largest absolute Gasteiger partial charge is 0.497 e. The summed E-state index contributed by atoms with van der Waals surface area (Å²) in [5.74, 6) is 0.842. The summed E-state index contributed by atoms with van der Waals surface area (Å²) in [6.07, 6.45) is 0.811. The maximum Gasteiger partial charge on any atom is 0.194 e. The molecule has 0 spiro atoms. The number of nitrogens with zero attached hydrogens (tertiary/aromatic N) is 2. The van der Waals surface area contributed by atoms with Crippen molar-refractivity contribution < 1.29 is 4.74 Å². The third kappa shape index (κ3) is 2.09. The Kier molecular flexibility index (Phi) is 3.46. The number of fused-ring (bicyclic) bond motifs is 1. The lowest BCUT2D eigenvalue weighted by Crippen LogP contribution is -2.06. The normalized spacial score (nSPS) is 11.2. The van der Waals surface area contributed by atoms with E-state index in [9.17, 15) is 0 Å². The van der Waals surface area contributed by atoms with Crippen LogP contribution in [0.4, 0.5) is 0 Å². The molecule has 0 saturated heterocycles. The van der Waals surface area contributed by atoms with Gasteiger partial charge in [-0.1, -0.05) is 12.1 Å². The van der Waals surface area contributed by atoms with Crippen LogP contribution in [-0.4, -0.2) is 23.0 Å². The van der Waals surface area contributed by atoms with Gasteiger partial charge in [-0.2, -0.15) is 0 Å². The van der Waals surface area contributed by atoms with Crippen LogP contribution in [0.3, 0.4) is 0 Å². The van der Waals surface area contributed by atoms with Gasteiger partial charge < -0.3 is 10.5 Å². The number of aryl methyl sites for hydroxylation is 1. The van der Waals surface area contributed by atoms with Crippen molar-refractivity contribution in [2.45, 2.75) is 13.3 Å². The Balaban J connectivity index is 2.21. The van der Waals surface area contributed by atoms with Crippen molar-refractivity contribution >= 4 is 16.3 Å². The molecular weight excluding hydrogens is 270 g/mol. The minimum atomic E-state index is 0.611. The van der Waals surface area contributed by atoms with Crippen molar-refractivity contribution in [3.05, 3.63) is 41.0 Å². The minimum Gasteiger partial charge on any atom is -0.497 e. The standard InChI is InChI=1S/C15H17N3OS/c1-10-9-20-15-17-14(13(6-7-16)18(10)15)11-4-3-5-12(8-11)19-2/h3-5,8-9H,6-7,16H2,1-2H3. The minimum absolute atomic E-state index is 0.611. The van der Waals surface area contributed by atoms with Gasteiger partial charge in [0.05, 0.1) is 18.5 Å². The maximum absolute atomic E-state index is 5.77. The molecule has 0 atom stereocenters. The van der Waals surface area contributed by atoms with Crippen LogP contribution in [0.5, 0.6) is 5.75 Å². The average molecular weight is 287 g/mol. The number of thiazole rings is 1. The van der Waals surface area contributed by atoms with Gasteiger partial charge in [0.25, 0.3) is 0 Å². The zero-order chi connectivity index (χ0) is 14.1. The van der Waals surface area contributed by atoms with E-state index in [0.717, 1.165) is 28.4 Å². The highest BCUT2D eigenvalue weighted by molar-refractivity contribution is 7.15. The molecule has 0 bridgehead atoms. The lowest BCUT2D eigenvalue weighted by atomic mass is 10.1. The van der Waals surface area contributed by atoms with Gasteiger partial charge in [0.1, 0.15) is 5.75 Å². The first-order valence-corrected chi connectivity index (χ1v) is 7.42. The van der Waals surface area contributed by atoms with Gasteiger partial charge >= 0.3 is 0 Å². The SMILES string of the molecule is COc1cccc(-c2nc3scc(C)n3c2CCN)c1. The van der Waals surface area contributed by atoms with E-state index < -0.39 is 0 Å². The summed E-state index contributed by atoms with van der Waals surface area (Å²) in [6.45, 7) is 2.71. The van der Waals surface area contributed by atoms with Crippen LogP contribution in [0.2, 0.25) is 0 Å². The molecule has 5 heteroatoms. The van der Waals surface area contributed by atoms with Crippen molar-refractivity contribution in [1.82, 2.24) is 9.38 Å². The summed E-state index contributed by atoms with van der Waals surface area (Å²) in [5.41, 5.74) is 10.2. The highest BCUT2D eigenvalue weighted by atomic mass is 32.1. The van der Waals surface area contributed by atoms with Gasteiger partial charge in [-0.05, 0) is 25.6 Å². The molecule has 4 nitrogen and oxygen atoms in total. The molecule has 2 N–H and O–H groups in total. The molecule has 20 heavy (non-hydrogen) atoms. The predicted molar refractivity (Wildman–Crippen MR) is 82.6 cm³/mol. The van der Waals surface area contributed by atoms with E-state index in [1.807, 2.05) is 18.2 Å². The van der Waals surface area contributed by atoms with E-state index in [4.69, 9.17) is 15.5 Å². The quantitative estimate of drug-likeness (QED) is 0.802. The fourth-order valence-corrected chi connectivity index (χ4v) is 3.32. The molecule has 2 heterocycles. The van der Waals surface area contributed by atoms with Crippen LogP contribution in [0, 0.1) is 6.92 Å². The lowest BCUT2D eigenvalue weighted by Gasteiger charge is -2.06. The van der Waals surface area contributed by atoms with Crippen molar-refractivity contribution in [2.75, 3.05) is 13.7 Å². The van der Waals surface area contributed by atoms with Gasteiger partial charge in [-0.25, -0.2) is 4.98 Å². The molecule has 104 valence electrons. The predicted octanol–water partition coefficient (Wildman–Crippen LogP) is 2.88. The van der Waals surface area contributed by atoms with Gasteiger partial charge in [0.2, 0.25) is 0 Å². The first-order valence-electron chi connectivity index (χ1n) is 6.54. The van der Waals surface area contributed by atoms with Crippen LogP contribution >= 0.6 is 11.3 Å². The second kappa shape index (κ2) is 5.26. The zero-order valence-corrected chi connectivity index (χ0v) is 12.4.